The van der Waals surface area contributed by atoms with E-state index in [1.807, 2.05) is 13.8 Å². The van der Waals surface area contributed by atoms with Gasteiger partial charge in [0.1, 0.15) is 5.82 Å². The van der Waals surface area contributed by atoms with Crippen molar-refractivity contribution >= 4 is 22.4 Å². The zero-order valence-electron chi connectivity index (χ0n) is 10.4. The van der Waals surface area contributed by atoms with Crippen molar-refractivity contribution in [3.8, 4) is 0 Å². The normalized spacial score (nSPS) is 10.4. The molecule has 0 bridgehead atoms. The van der Waals surface area contributed by atoms with Gasteiger partial charge in [-0.25, -0.2) is 9.37 Å². The monoisotopic (exact) mass is 264 g/mol. The van der Waals surface area contributed by atoms with Crippen LogP contribution in [0, 0.1) is 19.7 Å². The van der Waals surface area contributed by atoms with E-state index in [1.165, 1.54) is 40.5 Å². The van der Waals surface area contributed by atoms with Crippen molar-refractivity contribution in [3.05, 3.63) is 46.2 Å². The number of carbonyl (C=O) groups is 1. The first kappa shape index (κ1) is 12.7. The maximum atomic E-state index is 12.8. The zero-order chi connectivity index (χ0) is 13.3. The summed E-state index contributed by atoms with van der Waals surface area (Å²) in [5.74, 6) is -0.543. The highest BCUT2D eigenvalue weighted by Crippen LogP contribution is 2.25. The van der Waals surface area contributed by atoms with Crippen LogP contribution in [0.25, 0.3) is 0 Å². The second kappa shape index (κ2) is 4.86. The van der Waals surface area contributed by atoms with Gasteiger partial charge >= 0.3 is 0 Å². The summed E-state index contributed by atoms with van der Waals surface area (Å²) >= 11 is 1.47. The van der Waals surface area contributed by atoms with Gasteiger partial charge in [-0.1, -0.05) is 0 Å². The van der Waals surface area contributed by atoms with Crippen LogP contribution in [0.3, 0.4) is 0 Å². The van der Waals surface area contributed by atoms with Gasteiger partial charge in [0.25, 0.3) is 5.91 Å². The Labute approximate surface area is 109 Å². The molecule has 0 unspecified atom stereocenters. The van der Waals surface area contributed by atoms with E-state index in [9.17, 15) is 9.18 Å². The number of halogens is 1. The summed E-state index contributed by atoms with van der Waals surface area (Å²) in [5, 5.41) is 0.652. The molecular formula is C13H13FN2OS. The molecule has 1 heterocycles. The fraction of sp³-hybridized carbons (Fsp3) is 0.231. The molecule has 0 aliphatic heterocycles. The fourth-order valence-corrected chi connectivity index (χ4v) is 2.34. The summed E-state index contributed by atoms with van der Waals surface area (Å²) in [4.78, 5) is 19.0. The Morgan fingerprint density at radius 2 is 1.89 bits per heavy atom. The summed E-state index contributed by atoms with van der Waals surface area (Å²) in [5.41, 5.74) is 1.37. The third-order valence-electron chi connectivity index (χ3n) is 2.70. The smallest absolute Gasteiger partial charge is 0.259 e. The van der Waals surface area contributed by atoms with Crippen LogP contribution in [0.5, 0.6) is 0 Å². The predicted octanol–water partition coefficient (Wildman–Crippen LogP) is 3.18. The highest BCUT2D eigenvalue weighted by Gasteiger charge is 2.17. The first-order valence-corrected chi connectivity index (χ1v) is 6.28. The number of nitrogens with zero attached hydrogens (tertiary/aromatic N) is 2. The molecule has 0 fully saturated rings. The minimum Gasteiger partial charge on any atom is -0.287 e. The van der Waals surface area contributed by atoms with E-state index >= 15 is 0 Å². The van der Waals surface area contributed by atoms with Crippen LogP contribution in [0.1, 0.15) is 20.9 Å². The number of hydrogen-bond donors (Lipinski definition) is 0. The standard InChI is InChI=1S/C13H13FN2OS/c1-8-9(2)18-13(15-8)16(3)12(17)10-4-6-11(14)7-5-10/h4-7H,1-3H3. The van der Waals surface area contributed by atoms with Gasteiger partial charge < -0.3 is 0 Å². The van der Waals surface area contributed by atoms with Crippen molar-refractivity contribution in [2.75, 3.05) is 11.9 Å². The number of carbonyl (C=O) groups excluding carboxylic acids is 1. The zero-order valence-corrected chi connectivity index (χ0v) is 11.2. The van der Waals surface area contributed by atoms with Crippen LogP contribution >= 0.6 is 11.3 Å². The van der Waals surface area contributed by atoms with Crippen LogP contribution in [0.2, 0.25) is 0 Å². The van der Waals surface area contributed by atoms with Crippen molar-refractivity contribution in [2.45, 2.75) is 13.8 Å². The lowest BCUT2D eigenvalue weighted by Gasteiger charge is -2.13. The molecule has 0 atom stereocenters. The molecule has 2 aromatic rings. The van der Waals surface area contributed by atoms with E-state index in [-0.39, 0.29) is 11.7 Å². The van der Waals surface area contributed by atoms with Gasteiger partial charge in [0.2, 0.25) is 0 Å². The second-order valence-corrected chi connectivity index (χ2v) is 5.19. The fourth-order valence-electron chi connectivity index (χ4n) is 1.47. The number of amides is 1. The van der Waals surface area contributed by atoms with Gasteiger partial charge in [-0.15, -0.1) is 11.3 Å². The molecule has 0 spiro atoms. The van der Waals surface area contributed by atoms with Gasteiger partial charge in [-0.2, -0.15) is 0 Å². The predicted molar refractivity (Wildman–Crippen MR) is 70.7 cm³/mol. The molecular weight excluding hydrogens is 251 g/mol. The van der Waals surface area contributed by atoms with Gasteiger partial charge in [-0.3, -0.25) is 9.69 Å². The van der Waals surface area contributed by atoms with Gasteiger partial charge in [0.05, 0.1) is 5.69 Å². The van der Waals surface area contributed by atoms with E-state index in [2.05, 4.69) is 4.98 Å². The molecule has 94 valence electrons. The van der Waals surface area contributed by atoms with Gasteiger partial charge in [0.15, 0.2) is 5.13 Å². The number of thiazole rings is 1. The average molecular weight is 264 g/mol. The number of aromatic nitrogens is 1. The summed E-state index contributed by atoms with van der Waals surface area (Å²) in [6, 6.07) is 5.50. The first-order valence-electron chi connectivity index (χ1n) is 5.46. The third-order valence-corrected chi connectivity index (χ3v) is 3.85. The summed E-state index contributed by atoms with van der Waals surface area (Å²) < 4.78 is 12.8. The molecule has 0 N–H and O–H groups in total. The topological polar surface area (TPSA) is 33.2 Å². The summed E-state index contributed by atoms with van der Waals surface area (Å²) in [7, 11) is 1.67. The Bertz CT molecular complexity index is 558. The third kappa shape index (κ3) is 2.41. The van der Waals surface area contributed by atoms with E-state index in [4.69, 9.17) is 0 Å². The molecule has 3 nitrogen and oxygen atoms in total. The molecule has 0 aliphatic rings. The van der Waals surface area contributed by atoms with E-state index in [0.29, 0.717) is 10.7 Å². The summed E-state index contributed by atoms with van der Waals surface area (Å²) in [6.45, 7) is 3.87. The number of benzene rings is 1. The molecule has 1 aromatic carbocycles. The van der Waals surface area contributed by atoms with Gasteiger partial charge in [-0.05, 0) is 38.1 Å². The minimum atomic E-state index is -0.352. The largest absolute Gasteiger partial charge is 0.287 e. The lowest BCUT2D eigenvalue weighted by atomic mass is 10.2. The number of aryl methyl sites for hydroxylation is 2. The van der Waals surface area contributed by atoms with E-state index < -0.39 is 0 Å². The quantitative estimate of drug-likeness (QED) is 0.834. The van der Waals surface area contributed by atoms with Gasteiger partial charge in [0, 0.05) is 17.5 Å². The minimum absolute atomic E-state index is 0.191. The molecule has 0 saturated heterocycles. The van der Waals surface area contributed by atoms with Crippen molar-refractivity contribution in [3.63, 3.8) is 0 Å². The van der Waals surface area contributed by atoms with Crippen LogP contribution in [-0.4, -0.2) is 17.9 Å². The van der Waals surface area contributed by atoms with Crippen molar-refractivity contribution in [1.82, 2.24) is 4.98 Å². The SMILES string of the molecule is Cc1nc(N(C)C(=O)c2ccc(F)cc2)sc1C. The van der Waals surface area contributed by atoms with Crippen molar-refractivity contribution in [1.29, 1.82) is 0 Å². The number of hydrogen-bond acceptors (Lipinski definition) is 3. The molecule has 1 aromatic heterocycles. The average Bonchev–Trinajstić information content (AvgIpc) is 2.69. The lowest BCUT2D eigenvalue weighted by Crippen LogP contribution is -2.26. The molecule has 0 radical (unpaired) electrons. The molecule has 1 amide bonds. The maximum Gasteiger partial charge on any atom is 0.259 e. The Kier molecular flexibility index (Phi) is 3.43. The Balaban J connectivity index is 2.26. The Morgan fingerprint density at radius 1 is 1.28 bits per heavy atom. The second-order valence-electron chi connectivity index (χ2n) is 4.01. The number of anilines is 1. The van der Waals surface area contributed by atoms with E-state index in [1.54, 1.807) is 7.05 Å². The van der Waals surface area contributed by atoms with Crippen LogP contribution in [0.15, 0.2) is 24.3 Å². The van der Waals surface area contributed by atoms with Crippen LogP contribution < -0.4 is 4.90 Å². The maximum absolute atomic E-state index is 12.8. The molecule has 0 aliphatic carbocycles. The highest BCUT2D eigenvalue weighted by atomic mass is 32.1. The molecule has 0 saturated carbocycles. The van der Waals surface area contributed by atoms with Crippen molar-refractivity contribution < 1.29 is 9.18 Å². The Hall–Kier alpha value is -1.75. The summed E-state index contributed by atoms with van der Waals surface area (Å²) in [6.07, 6.45) is 0. The van der Waals surface area contributed by atoms with Crippen LogP contribution in [-0.2, 0) is 0 Å². The molecule has 2 rings (SSSR count). The van der Waals surface area contributed by atoms with Crippen LogP contribution in [0.4, 0.5) is 9.52 Å². The van der Waals surface area contributed by atoms with E-state index in [0.717, 1.165) is 10.6 Å². The highest BCUT2D eigenvalue weighted by molar-refractivity contribution is 7.15. The Morgan fingerprint density at radius 3 is 2.39 bits per heavy atom. The van der Waals surface area contributed by atoms with Crippen molar-refractivity contribution in [2.24, 2.45) is 0 Å². The number of rotatable bonds is 2. The lowest BCUT2D eigenvalue weighted by molar-refractivity contribution is 0.0993. The first-order chi connectivity index (χ1) is 8.49. The molecule has 5 heteroatoms. The molecule has 18 heavy (non-hydrogen) atoms.